The van der Waals surface area contributed by atoms with Gasteiger partial charge in [-0.15, -0.1) is 0 Å². The molecule has 2 saturated heterocycles. The first-order valence-electron chi connectivity index (χ1n) is 11.7. The van der Waals surface area contributed by atoms with Gasteiger partial charge in [0.25, 0.3) is 5.91 Å². The van der Waals surface area contributed by atoms with Crippen LogP contribution in [0.2, 0.25) is 0 Å². The number of hydrogen-bond donors (Lipinski definition) is 1. The summed E-state index contributed by atoms with van der Waals surface area (Å²) in [6.07, 6.45) is 2.77. The smallest absolute Gasteiger partial charge is 0.251 e. The van der Waals surface area contributed by atoms with Crippen LogP contribution in [0.25, 0.3) is 0 Å². The van der Waals surface area contributed by atoms with E-state index in [0.29, 0.717) is 11.6 Å². The lowest BCUT2D eigenvalue weighted by atomic mass is 10.0. The van der Waals surface area contributed by atoms with Gasteiger partial charge in [0.05, 0.1) is 12.5 Å². The minimum absolute atomic E-state index is 0.104. The number of likely N-dealkylation sites (tertiary alicyclic amines) is 1. The summed E-state index contributed by atoms with van der Waals surface area (Å²) in [5, 5.41) is 3.08. The van der Waals surface area contributed by atoms with Crippen LogP contribution in [0.5, 0.6) is 0 Å². The average molecular weight is 435 g/mol. The Balaban J connectivity index is 1.37. The molecule has 2 aromatic carbocycles. The van der Waals surface area contributed by atoms with Crippen molar-refractivity contribution in [3.63, 3.8) is 0 Å². The molecule has 2 atom stereocenters. The summed E-state index contributed by atoms with van der Waals surface area (Å²) < 4.78 is 0. The van der Waals surface area contributed by atoms with Crippen LogP contribution in [0.1, 0.15) is 41.2 Å². The first kappa shape index (κ1) is 22.5. The van der Waals surface area contributed by atoms with Gasteiger partial charge in [-0.25, -0.2) is 0 Å². The molecule has 0 saturated carbocycles. The van der Waals surface area contributed by atoms with Gasteiger partial charge in [-0.05, 0) is 44.1 Å². The highest BCUT2D eigenvalue weighted by molar-refractivity contribution is 5.94. The highest BCUT2D eigenvalue weighted by Crippen LogP contribution is 2.21. The third-order valence-electron chi connectivity index (χ3n) is 6.70. The summed E-state index contributed by atoms with van der Waals surface area (Å²) in [5.41, 5.74) is 1.56. The van der Waals surface area contributed by atoms with Crippen LogP contribution >= 0.6 is 0 Å². The number of piperazine rings is 1. The normalized spacial score (nSPS) is 21.2. The first-order chi connectivity index (χ1) is 15.6. The maximum Gasteiger partial charge on any atom is 0.251 e. The lowest BCUT2D eigenvalue weighted by Gasteiger charge is -2.42. The number of hydrogen-bond acceptors (Lipinski definition) is 4. The molecule has 0 aliphatic carbocycles. The lowest BCUT2D eigenvalue weighted by Crippen LogP contribution is -2.55. The van der Waals surface area contributed by atoms with Crippen molar-refractivity contribution in [1.29, 1.82) is 0 Å². The molecule has 2 aromatic rings. The number of amides is 2. The summed E-state index contributed by atoms with van der Waals surface area (Å²) >= 11 is 0. The Morgan fingerprint density at radius 1 is 0.938 bits per heavy atom. The zero-order valence-electron chi connectivity index (χ0n) is 19.0. The van der Waals surface area contributed by atoms with E-state index < -0.39 is 0 Å². The van der Waals surface area contributed by atoms with Gasteiger partial charge in [-0.2, -0.15) is 0 Å². The standard InChI is InChI=1S/C26H34N4O2/c1-28-14-8-13-23(20-28)29-15-17-30(18-16-29)25(31)19-24(21-9-4-2-5-10-21)27-26(32)22-11-6-3-7-12-22/h2-7,9-12,23-24H,8,13-20H2,1H3,(H,27,32). The van der Waals surface area contributed by atoms with E-state index in [1.165, 1.54) is 19.4 Å². The highest BCUT2D eigenvalue weighted by Gasteiger charge is 2.29. The number of benzene rings is 2. The predicted molar refractivity (Wildman–Crippen MR) is 126 cm³/mol. The molecule has 6 heteroatoms. The van der Waals surface area contributed by atoms with E-state index in [4.69, 9.17) is 0 Å². The minimum atomic E-state index is -0.346. The van der Waals surface area contributed by atoms with Gasteiger partial charge in [-0.1, -0.05) is 48.5 Å². The fourth-order valence-corrected chi connectivity index (χ4v) is 4.85. The molecule has 0 spiro atoms. The highest BCUT2D eigenvalue weighted by atomic mass is 16.2. The predicted octanol–water partition coefficient (Wildman–Crippen LogP) is 2.79. The topological polar surface area (TPSA) is 55.9 Å². The average Bonchev–Trinajstić information content (AvgIpc) is 2.84. The van der Waals surface area contributed by atoms with E-state index in [2.05, 4.69) is 22.2 Å². The fraction of sp³-hybridized carbons (Fsp3) is 0.462. The maximum atomic E-state index is 13.2. The molecule has 170 valence electrons. The minimum Gasteiger partial charge on any atom is -0.345 e. The molecule has 6 nitrogen and oxygen atoms in total. The van der Waals surface area contributed by atoms with Gasteiger partial charge < -0.3 is 15.1 Å². The van der Waals surface area contributed by atoms with Gasteiger partial charge in [0, 0.05) is 44.3 Å². The molecule has 2 unspecified atom stereocenters. The Morgan fingerprint density at radius 3 is 2.25 bits per heavy atom. The van der Waals surface area contributed by atoms with Gasteiger partial charge in [-0.3, -0.25) is 14.5 Å². The van der Waals surface area contributed by atoms with Crippen LogP contribution in [-0.2, 0) is 4.79 Å². The van der Waals surface area contributed by atoms with Crippen molar-refractivity contribution in [2.45, 2.75) is 31.3 Å². The molecule has 4 rings (SSSR count). The molecule has 0 radical (unpaired) electrons. The van der Waals surface area contributed by atoms with Gasteiger partial charge in [0.1, 0.15) is 0 Å². The monoisotopic (exact) mass is 434 g/mol. The van der Waals surface area contributed by atoms with E-state index in [1.54, 1.807) is 12.1 Å². The van der Waals surface area contributed by atoms with E-state index in [-0.39, 0.29) is 24.3 Å². The van der Waals surface area contributed by atoms with Crippen molar-refractivity contribution in [1.82, 2.24) is 20.0 Å². The third kappa shape index (κ3) is 5.75. The zero-order chi connectivity index (χ0) is 22.3. The molecule has 32 heavy (non-hydrogen) atoms. The quantitative estimate of drug-likeness (QED) is 0.760. The van der Waals surface area contributed by atoms with Gasteiger partial charge >= 0.3 is 0 Å². The maximum absolute atomic E-state index is 13.2. The van der Waals surface area contributed by atoms with Crippen molar-refractivity contribution in [3.05, 3.63) is 71.8 Å². The number of carbonyl (C=O) groups excluding carboxylic acids is 2. The molecule has 2 aliphatic heterocycles. The largest absolute Gasteiger partial charge is 0.345 e. The molecular weight excluding hydrogens is 400 g/mol. The molecule has 2 amide bonds. The summed E-state index contributed by atoms with van der Waals surface area (Å²) in [6.45, 7) is 5.67. The zero-order valence-corrected chi connectivity index (χ0v) is 19.0. The fourth-order valence-electron chi connectivity index (χ4n) is 4.85. The summed E-state index contributed by atoms with van der Waals surface area (Å²) in [5.74, 6) is -0.0499. The van der Waals surface area contributed by atoms with Crippen LogP contribution in [0.3, 0.4) is 0 Å². The van der Waals surface area contributed by atoms with Crippen molar-refractivity contribution in [2.75, 3.05) is 46.3 Å². The third-order valence-corrected chi connectivity index (χ3v) is 6.70. The number of nitrogens with zero attached hydrogens (tertiary/aromatic N) is 3. The van der Waals surface area contributed by atoms with Crippen LogP contribution < -0.4 is 5.32 Å². The SMILES string of the molecule is CN1CCCC(N2CCN(C(=O)CC(NC(=O)c3ccccc3)c3ccccc3)CC2)C1. The Hall–Kier alpha value is -2.70. The van der Waals surface area contributed by atoms with Crippen molar-refractivity contribution >= 4 is 11.8 Å². The van der Waals surface area contributed by atoms with Crippen LogP contribution in [0, 0.1) is 0 Å². The first-order valence-corrected chi connectivity index (χ1v) is 11.7. The second-order valence-corrected chi connectivity index (χ2v) is 8.98. The second-order valence-electron chi connectivity index (χ2n) is 8.98. The Bertz CT molecular complexity index is 881. The van der Waals surface area contributed by atoms with Crippen molar-refractivity contribution in [2.24, 2.45) is 0 Å². The summed E-state index contributed by atoms with van der Waals surface area (Å²) in [6, 6.07) is 19.2. The van der Waals surface area contributed by atoms with Crippen LogP contribution in [0.15, 0.2) is 60.7 Å². The van der Waals surface area contributed by atoms with E-state index in [0.717, 1.165) is 38.3 Å². The van der Waals surface area contributed by atoms with E-state index in [1.807, 2.05) is 53.4 Å². The number of rotatable bonds is 6. The van der Waals surface area contributed by atoms with Gasteiger partial charge in [0.15, 0.2) is 0 Å². The lowest BCUT2D eigenvalue weighted by molar-refractivity contribution is -0.134. The number of likely N-dealkylation sites (N-methyl/N-ethyl adjacent to an activating group) is 1. The summed E-state index contributed by atoms with van der Waals surface area (Å²) in [4.78, 5) is 32.9. The van der Waals surface area contributed by atoms with Crippen LogP contribution in [0.4, 0.5) is 0 Å². The van der Waals surface area contributed by atoms with Crippen molar-refractivity contribution < 1.29 is 9.59 Å². The second kappa shape index (κ2) is 10.7. The Kier molecular flexibility index (Phi) is 7.55. The molecular formula is C26H34N4O2. The number of carbonyl (C=O) groups is 2. The van der Waals surface area contributed by atoms with Crippen LogP contribution in [-0.4, -0.2) is 78.9 Å². The van der Waals surface area contributed by atoms with Crippen molar-refractivity contribution in [3.8, 4) is 0 Å². The van der Waals surface area contributed by atoms with E-state index >= 15 is 0 Å². The Morgan fingerprint density at radius 2 is 1.59 bits per heavy atom. The summed E-state index contributed by atoms with van der Waals surface area (Å²) in [7, 11) is 2.19. The molecule has 0 bridgehead atoms. The molecule has 2 aliphatic rings. The molecule has 2 heterocycles. The van der Waals surface area contributed by atoms with Gasteiger partial charge in [0.2, 0.25) is 5.91 Å². The number of nitrogens with one attached hydrogen (secondary N) is 1. The molecule has 1 N–H and O–H groups in total. The molecule has 2 fully saturated rings. The Labute approximate surface area is 191 Å². The van der Waals surface area contributed by atoms with E-state index in [9.17, 15) is 9.59 Å². The number of piperidine rings is 1. The molecule has 0 aromatic heterocycles.